The van der Waals surface area contributed by atoms with Gasteiger partial charge in [-0.05, 0) is 13.3 Å². The highest BCUT2D eigenvalue weighted by Crippen LogP contribution is 1.83. The molecule has 0 saturated carbocycles. The maximum Gasteiger partial charge on any atom is 0.230 e. The number of nitrogens with one attached hydrogen (secondary N) is 3. The van der Waals surface area contributed by atoms with Crippen molar-refractivity contribution in [2.75, 3.05) is 26.4 Å². The number of Topliss-reactive ketones (excluding diaryl/α,β-unsaturated/α-hetero) is 1. The molecule has 0 aromatic heterocycles. The number of hydrogen-bond acceptors (Lipinski definition) is 5. The van der Waals surface area contributed by atoms with Crippen molar-refractivity contribution in [3.63, 3.8) is 0 Å². The van der Waals surface area contributed by atoms with Crippen LogP contribution in [0.2, 0.25) is 0 Å². The van der Waals surface area contributed by atoms with Crippen molar-refractivity contribution < 1.29 is 23.9 Å². The number of carbonyl (C=O) groups excluding carboxylic acids is 4. The Morgan fingerprint density at radius 2 is 1.43 bits per heavy atom. The fourth-order valence-electron chi connectivity index (χ4n) is 1.31. The summed E-state index contributed by atoms with van der Waals surface area (Å²) in [6.07, 6.45) is 0.357. The van der Waals surface area contributed by atoms with Gasteiger partial charge in [0.05, 0.1) is 19.7 Å². The zero-order valence-corrected chi connectivity index (χ0v) is 12.5. The lowest BCUT2D eigenvalue weighted by Gasteiger charge is -2.07. The summed E-state index contributed by atoms with van der Waals surface area (Å²) in [7, 11) is 0. The summed E-state index contributed by atoms with van der Waals surface area (Å²) in [5, 5.41) is 7.24. The van der Waals surface area contributed by atoms with E-state index in [-0.39, 0.29) is 25.3 Å². The van der Waals surface area contributed by atoms with Crippen molar-refractivity contribution in [2.24, 2.45) is 0 Å². The van der Waals surface area contributed by atoms with E-state index in [1.165, 1.54) is 6.92 Å². The first kappa shape index (κ1) is 19.0. The molecule has 0 radical (unpaired) electrons. The van der Waals surface area contributed by atoms with E-state index in [4.69, 9.17) is 4.74 Å². The Bertz CT molecular complexity index is 371. The highest BCUT2D eigenvalue weighted by molar-refractivity contribution is 5.98. The molecule has 8 heteroatoms. The quantitative estimate of drug-likeness (QED) is 0.260. The average molecular weight is 301 g/mol. The third-order valence-corrected chi connectivity index (χ3v) is 2.22. The standard InChI is InChI=1S/C13H23N3O5/c1-3-5-21-6-4-14-12(19)8-13(20)16-9-15-11(18)7-10(2)17/h3-9H2,1-2H3,(H,14,19)(H,15,18)(H,16,20). The molecule has 0 bridgehead atoms. The molecule has 0 atom stereocenters. The monoisotopic (exact) mass is 301 g/mol. The Morgan fingerprint density at radius 3 is 2.00 bits per heavy atom. The lowest BCUT2D eigenvalue weighted by molar-refractivity contribution is -0.129. The number of ether oxygens (including phenoxy) is 1. The zero-order chi connectivity index (χ0) is 16.1. The van der Waals surface area contributed by atoms with Gasteiger partial charge in [0.2, 0.25) is 17.7 Å². The number of ketones is 1. The van der Waals surface area contributed by atoms with E-state index in [0.717, 1.165) is 6.42 Å². The van der Waals surface area contributed by atoms with Crippen molar-refractivity contribution in [2.45, 2.75) is 33.1 Å². The van der Waals surface area contributed by atoms with E-state index in [0.29, 0.717) is 19.8 Å². The summed E-state index contributed by atoms with van der Waals surface area (Å²) in [6.45, 7) is 4.56. The molecule has 0 aliphatic rings. The molecule has 0 aliphatic carbocycles. The molecule has 0 rings (SSSR count). The van der Waals surface area contributed by atoms with Gasteiger partial charge in [-0.1, -0.05) is 6.92 Å². The van der Waals surface area contributed by atoms with Gasteiger partial charge in [0.15, 0.2) is 0 Å². The maximum atomic E-state index is 11.4. The summed E-state index contributed by atoms with van der Waals surface area (Å²) < 4.78 is 5.17. The normalized spacial score (nSPS) is 9.81. The van der Waals surface area contributed by atoms with Crippen LogP contribution >= 0.6 is 0 Å². The molecule has 0 saturated heterocycles. The van der Waals surface area contributed by atoms with E-state index in [1.54, 1.807) is 0 Å². The first-order valence-electron chi connectivity index (χ1n) is 6.83. The van der Waals surface area contributed by atoms with Gasteiger partial charge in [-0.25, -0.2) is 0 Å². The smallest absolute Gasteiger partial charge is 0.230 e. The van der Waals surface area contributed by atoms with Crippen LogP contribution in [0.3, 0.4) is 0 Å². The molecule has 0 spiro atoms. The first-order chi connectivity index (χ1) is 9.95. The molecule has 3 N–H and O–H groups in total. The van der Waals surface area contributed by atoms with Crippen LogP contribution in [0.1, 0.15) is 33.1 Å². The third-order valence-electron chi connectivity index (χ3n) is 2.22. The Morgan fingerprint density at radius 1 is 0.857 bits per heavy atom. The summed E-state index contributed by atoms with van der Waals surface area (Å²) in [5.41, 5.74) is 0. The predicted molar refractivity (Wildman–Crippen MR) is 75.2 cm³/mol. The van der Waals surface area contributed by atoms with E-state index < -0.39 is 17.7 Å². The first-order valence-corrected chi connectivity index (χ1v) is 6.83. The molecule has 3 amide bonds. The van der Waals surface area contributed by atoms with Crippen molar-refractivity contribution in [1.29, 1.82) is 0 Å². The van der Waals surface area contributed by atoms with Crippen LogP contribution in [0.25, 0.3) is 0 Å². The van der Waals surface area contributed by atoms with Crippen LogP contribution in [0.15, 0.2) is 0 Å². The predicted octanol–water partition coefficient (Wildman–Crippen LogP) is -0.912. The lowest BCUT2D eigenvalue weighted by atomic mass is 10.3. The highest BCUT2D eigenvalue weighted by Gasteiger charge is 2.09. The van der Waals surface area contributed by atoms with E-state index >= 15 is 0 Å². The number of carbonyl (C=O) groups is 4. The highest BCUT2D eigenvalue weighted by atomic mass is 16.5. The second-order valence-corrected chi connectivity index (χ2v) is 4.39. The van der Waals surface area contributed by atoms with Crippen LogP contribution in [0, 0.1) is 0 Å². The Labute approximate surface area is 124 Å². The zero-order valence-electron chi connectivity index (χ0n) is 12.5. The summed E-state index contributed by atoms with van der Waals surface area (Å²) >= 11 is 0. The molecule has 120 valence electrons. The second kappa shape index (κ2) is 11.8. The minimum absolute atomic E-state index is 0.113. The largest absolute Gasteiger partial charge is 0.380 e. The minimum Gasteiger partial charge on any atom is -0.380 e. The van der Waals surface area contributed by atoms with Gasteiger partial charge < -0.3 is 20.7 Å². The van der Waals surface area contributed by atoms with Crippen molar-refractivity contribution in [3.05, 3.63) is 0 Å². The molecule has 0 aliphatic heterocycles. The number of rotatable bonds is 11. The molecule has 0 heterocycles. The Hall–Kier alpha value is -1.96. The van der Waals surface area contributed by atoms with Crippen molar-refractivity contribution >= 4 is 23.5 Å². The minimum atomic E-state index is -0.509. The molecular formula is C13H23N3O5. The number of hydrogen-bond donors (Lipinski definition) is 3. The fourth-order valence-corrected chi connectivity index (χ4v) is 1.31. The molecule has 0 aromatic rings. The van der Waals surface area contributed by atoms with Crippen molar-refractivity contribution in [1.82, 2.24) is 16.0 Å². The number of amides is 3. The molecular weight excluding hydrogens is 278 g/mol. The molecule has 0 fully saturated rings. The van der Waals surface area contributed by atoms with E-state index in [2.05, 4.69) is 16.0 Å². The van der Waals surface area contributed by atoms with Gasteiger partial charge in [0.25, 0.3) is 0 Å². The molecule has 0 unspecified atom stereocenters. The second-order valence-electron chi connectivity index (χ2n) is 4.39. The SMILES string of the molecule is CCCOCCNC(=O)CC(=O)NCNC(=O)CC(C)=O. The van der Waals surface area contributed by atoms with Crippen LogP contribution in [0.4, 0.5) is 0 Å². The Kier molecular flexibility index (Phi) is 10.7. The third kappa shape index (κ3) is 12.8. The van der Waals surface area contributed by atoms with E-state index in [1.807, 2.05) is 6.92 Å². The molecule has 21 heavy (non-hydrogen) atoms. The van der Waals surface area contributed by atoms with Gasteiger partial charge in [-0.15, -0.1) is 0 Å². The fraction of sp³-hybridized carbons (Fsp3) is 0.692. The lowest BCUT2D eigenvalue weighted by Crippen LogP contribution is -2.40. The van der Waals surface area contributed by atoms with Gasteiger partial charge in [-0.3, -0.25) is 19.2 Å². The van der Waals surface area contributed by atoms with Crippen LogP contribution in [-0.2, 0) is 23.9 Å². The molecule has 0 aromatic carbocycles. The van der Waals surface area contributed by atoms with Gasteiger partial charge in [0.1, 0.15) is 12.2 Å². The summed E-state index contributed by atoms with van der Waals surface area (Å²) in [5.74, 6) is -1.66. The van der Waals surface area contributed by atoms with Crippen LogP contribution < -0.4 is 16.0 Å². The molecule has 8 nitrogen and oxygen atoms in total. The van der Waals surface area contributed by atoms with Gasteiger partial charge in [-0.2, -0.15) is 0 Å². The topological polar surface area (TPSA) is 114 Å². The van der Waals surface area contributed by atoms with Crippen LogP contribution in [0.5, 0.6) is 0 Å². The average Bonchev–Trinajstić information content (AvgIpc) is 2.37. The Balaban J connectivity index is 3.62. The van der Waals surface area contributed by atoms with Crippen molar-refractivity contribution in [3.8, 4) is 0 Å². The summed E-state index contributed by atoms with van der Waals surface area (Å²) in [6, 6.07) is 0. The summed E-state index contributed by atoms with van der Waals surface area (Å²) in [4.78, 5) is 44.5. The van der Waals surface area contributed by atoms with E-state index in [9.17, 15) is 19.2 Å². The van der Waals surface area contributed by atoms with Gasteiger partial charge in [0, 0.05) is 13.2 Å². The maximum absolute atomic E-state index is 11.4. The van der Waals surface area contributed by atoms with Crippen LogP contribution in [-0.4, -0.2) is 49.9 Å². The van der Waals surface area contributed by atoms with Gasteiger partial charge >= 0.3 is 0 Å².